The average molecular weight is 389 g/mol. The number of aromatic amines is 2. The van der Waals surface area contributed by atoms with E-state index >= 15 is 0 Å². The maximum atomic E-state index is 13.4. The van der Waals surface area contributed by atoms with Gasteiger partial charge in [-0.05, 0) is 42.0 Å². The molecule has 0 radical (unpaired) electrons. The molecule has 2 aromatic carbocycles. The van der Waals surface area contributed by atoms with Crippen molar-refractivity contribution in [3.63, 3.8) is 0 Å². The van der Waals surface area contributed by atoms with Crippen LogP contribution in [0.1, 0.15) is 16.2 Å². The Bertz CT molecular complexity index is 1350. The van der Waals surface area contributed by atoms with Crippen molar-refractivity contribution < 1.29 is 13.6 Å². The van der Waals surface area contributed by atoms with Gasteiger partial charge in [0.1, 0.15) is 11.6 Å². The number of ketones is 1. The molecule has 0 amide bonds. The number of carbonyl (C=O) groups excluding carboxylic acids is 1. The Balaban J connectivity index is 1.52. The zero-order valence-corrected chi connectivity index (χ0v) is 14.9. The number of hydrogen-bond acceptors (Lipinski definition) is 4. The van der Waals surface area contributed by atoms with Crippen molar-refractivity contribution in [2.75, 3.05) is 0 Å². The lowest BCUT2D eigenvalue weighted by Crippen LogP contribution is -2.06. The molecule has 29 heavy (non-hydrogen) atoms. The van der Waals surface area contributed by atoms with Crippen LogP contribution in [0.3, 0.4) is 0 Å². The van der Waals surface area contributed by atoms with E-state index < -0.39 is 17.4 Å². The molecule has 0 aliphatic heterocycles. The van der Waals surface area contributed by atoms with E-state index in [4.69, 9.17) is 0 Å². The third kappa shape index (κ3) is 3.14. The second-order valence-corrected chi connectivity index (χ2v) is 6.67. The van der Waals surface area contributed by atoms with Crippen LogP contribution in [0.25, 0.3) is 33.2 Å². The van der Waals surface area contributed by atoms with Crippen molar-refractivity contribution in [2.45, 2.75) is 6.42 Å². The van der Waals surface area contributed by atoms with Gasteiger partial charge in [0.2, 0.25) is 5.78 Å². The number of hydrogen-bond donors (Lipinski definition) is 2. The van der Waals surface area contributed by atoms with Gasteiger partial charge in [0.15, 0.2) is 5.82 Å². The number of halogens is 2. The molecule has 0 saturated heterocycles. The summed E-state index contributed by atoms with van der Waals surface area (Å²) in [4.78, 5) is 25.2. The highest BCUT2D eigenvalue weighted by Crippen LogP contribution is 2.29. The van der Waals surface area contributed by atoms with Crippen LogP contribution in [-0.2, 0) is 6.42 Å². The SMILES string of the molecule is O=C(Cc1cc(F)cc(F)c1)c1nc2cc3[nH][nH]c(-c4ccncc4)c3cc2n1. The van der Waals surface area contributed by atoms with Gasteiger partial charge in [0.25, 0.3) is 0 Å². The number of nitrogens with one attached hydrogen (secondary N) is 2. The minimum absolute atomic E-state index is 0.0202. The van der Waals surface area contributed by atoms with Crippen LogP contribution in [0, 0.1) is 11.6 Å². The number of carbonyl (C=O) groups is 1. The molecule has 142 valence electrons. The third-order valence-electron chi connectivity index (χ3n) is 4.66. The number of H-pyrrole nitrogens is 2. The van der Waals surface area contributed by atoms with E-state index in [0.717, 1.165) is 40.4 Å². The lowest BCUT2D eigenvalue weighted by molar-refractivity contribution is 0.0984. The zero-order chi connectivity index (χ0) is 20.0. The van der Waals surface area contributed by atoms with Crippen molar-refractivity contribution >= 4 is 27.7 Å². The maximum Gasteiger partial charge on any atom is 0.204 e. The van der Waals surface area contributed by atoms with Gasteiger partial charge in [-0.3, -0.25) is 14.9 Å². The van der Waals surface area contributed by atoms with E-state index in [2.05, 4.69) is 25.1 Å². The minimum atomic E-state index is -0.726. The Kier molecular flexibility index (Phi) is 3.90. The number of Topliss-reactive ketones (excluding diaryl/α,β-unsaturated/α-hetero) is 1. The van der Waals surface area contributed by atoms with Crippen molar-refractivity contribution in [2.24, 2.45) is 0 Å². The summed E-state index contributed by atoms with van der Waals surface area (Å²) in [6, 6.07) is 10.4. The summed E-state index contributed by atoms with van der Waals surface area (Å²) in [7, 11) is 0. The fraction of sp³-hybridized carbons (Fsp3) is 0.0476. The van der Waals surface area contributed by atoms with Crippen LogP contribution in [0.4, 0.5) is 8.78 Å². The summed E-state index contributed by atoms with van der Waals surface area (Å²) in [5, 5.41) is 7.12. The molecular weight excluding hydrogens is 376 g/mol. The second-order valence-electron chi connectivity index (χ2n) is 6.67. The van der Waals surface area contributed by atoms with Crippen molar-refractivity contribution in [3.8, 4) is 11.3 Å². The largest absolute Gasteiger partial charge is 0.300 e. The predicted octanol–water partition coefficient (Wildman–Crippen LogP) is 4.20. The van der Waals surface area contributed by atoms with E-state index in [9.17, 15) is 13.6 Å². The Hall–Kier alpha value is -3.94. The number of pyridine rings is 1. The number of aromatic nitrogens is 5. The number of nitrogens with zero attached hydrogens (tertiary/aromatic N) is 3. The quantitative estimate of drug-likeness (QED) is 0.451. The molecule has 6 nitrogen and oxygen atoms in total. The zero-order valence-electron chi connectivity index (χ0n) is 14.9. The summed E-state index contributed by atoms with van der Waals surface area (Å²) >= 11 is 0. The smallest absolute Gasteiger partial charge is 0.204 e. The summed E-state index contributed by atoms with van der Waals surface area (Å²) < 4.78 is 26.7. The average Bonchev–Trinajstić information content (AvgIpc) is 3.29. The predicted molar refractivity (Wildman–Crippen MR) is 103 cm³/mol. The maximum absolute atomic E-state index is 13.4. The van der Waals surface area contributed by atoms with Crippen molar-refractivity contribution in [3.05, 3.63) is 77.9 Å². The second kappa shape index (κ2) is 6.59. The van der Waals surface area contributed by atoms with Gasteiger partial charge in [0.05, 0.1) is 22.2 Å². The van der Waals surface area contributed by atoms with Crippen LogP contribution >= 0.6 is 0 Å². The van der Waals surface area contributed by atoms with Crippen molar-refractivity contribution in [1.29, 1.82) is 0 Å². The first-order valence-corrected chi connectivity index (χ1v) is 8.83. The molecular formula is C21H13F2N5O. The Labute approximate surface area is 162 Å². The lowest BCUT2D eigenvalue weighted by atomic mass is 10.1. The molecule has 0 saturated carbocycles. The lowest BCUT2D eigenvalue weighted by Gasteiger charge is -1.99. The molecule has 0 fully saturated rings. The standard InChI is InChI=1S/C21H13F2N5O/c22-13-5-11(6-14(23)8-13)7-19(29)21-25-17-9-15-16(10-18(17)26-21)27-28-20(15)12-1-3-24-4-2-12/h1-6,8-10,27-28H,7H2. The van der Waals surface area contributed by atoms with E-state index in [-0.39, 0.29) is 17.8 Å². The summed E-state index contributed by atoms with van der Waals surface area (Å²) in [5.74, 6) is -1.84. The first-order valence-electron chi connectivity index (χ1n) is 8.83. The molecule has 3 heterocycles. The molecule has 5 aromatic rings. The first-order chi connectivity index (χ1) is 14.1. The van der Waals surface area contributed by atoms with Gasteiger partial charge in [0, 0.05) is 35.8 Å². The molecule has 0 aliphatic carbocycles. The molecule has 0 spiro atoms. The Morgan fingerprint density at radius 1 is 0.897 bits per heavy atom. The van der Waals surface area contributed by atoms with Crippen LogP contribution in [-0.4, -0.2) is 30.9 Å². The van der Waals surface area contributed by atoms with Gasteiger partial charge < -0.3 is 5.10 Å². The molecule has 0 aliphatic rings. The fourth-order valence-corrected chi connectivity index (χ4v) is 3.36. The van der Waals surface area contributed by atoms with Gasteiger partial charge in [-0.1, -0.05) is 0 Å². The monoisotopic (exact) mass is 389 g/mol. The minimum Gasteiger partial charge on any atom is -0.300 e. The highest BCUT2D eigenvalue weighted by atomic mass is 19.1. The van der Waals surface area contributed by atoms with E-state index in [0.29, 0.717) is 11.0 Å². The van der Waals surface area contributed by atoms with Crippen LogP contribution in [0.5, 0.6) is 0 Å². The van der Waals surface area contributed by atoms with Crippen LogP contribution in [0.15, 0.2) is 54.9 Å². The fourth-order valence-electron chi connectivity index (χ4n) is 3.36. The van der Waals surface area contributed by atoms with Gasteiger partial charge in [-0.15, -0.1) is 0 Å². The van der Waals surface area contributed by atoms with Gasteiger partial charge >= 0.3 is 0 Å². The third-order valence-corrected chi connectivity index (χ3v) is 4.66. The normalized spacial score (nSPS) is 11.4. The highest BCUT2D eigenvalue weighted by Gasteiger charge is 2.17. The highest BCUT2D eigenvalue weighted by molar-refractivity contribution is 6.03. The molecule has 0 bridgehead atoms. The van der Waals surface area contributed by atoms with Gasteiger partial charge in [-0.2, -0.15) is 0 Å². The van der Waals surface area contributed by atoms with Crippen LogP contribution < -0.4 is 0 Å². The summed E-state index contributed by atoms with van der Waals surface area (Å²) in [6.07, 6.45) is 3.22. The number of rotatable bonds is 4. The molecule has 3 aromatic heterocycles. The molecule has 0 unspecified atom stereocenters. The first kappa shape index (κ1) is 17.2. The molecule has 5 rings (SSSR count). The van der Waals surface area contributed by atoms with E-state index in [1.165, 1.54) is 0 Å². The Morgan fingerprint density at radius 2 is 1.59 bits per heavy atom. The van der Waals surface area contributed by atoms with E-state index in [1.807, 2.05) is 18.2 Å². The number of fused-ring (bicyclic) bond motifs is 2. The van der Waals surface area contributed by atoms with Crippen LogP contribution in [0.2, 0.25) is 0 Å². The molecule has 2 N–H and O–H groups in total. The van der Waals surface area contributed by atoms with Gasteiger partial charge in [-0.25, -0.2) is 18.7 Å². The molecule has 0 atom stereocenters. The number of benzene rings is 2. The topological polar surface area (TPSA) is 87.3 Å². The number of imidazole rings is 1. The van der Waals surface area contributed by atoms with E-state index in [1.54, 1.807) is 18.5 Å². The molecule has 8 heteroatoms. The summed E-state index contributed by atoms with van der Waals surface area (Å²) in [6.45, 7) is 0. The van der Waals surface area contributed by atoms with Crippen molar-refractivity contribution in [1.82, 2.24) is 25.1 Å². The Morgan fingerprint density at radius 3 is 2.31 bits per heavy atom. The summed E-state index contributed by atoms with van der Waals surface area (Å²) in [5.41, 5.74) is 4.00.